The van der Waals surface area contributed by atoms with Gasteiger partial charge < -0.3 is 5.32 Å². The first-order valence-electron chi connectivity index (χ1n) is 6.08. The molecule has 1 aliphatic carbocycles. The van der Waals surface area contributed by atoms with Gasteiger partial charge in [0.1, 0.15) is 5.82 Å². The van der Waals surface area contributed by atoms with Crippen LogP contribution in [-0.2, 0) is 6.42 Å². The molecule has 88 valence electrons. The van der Waals surface area contributed by atoms with Crippen LogP contribution in [0.2, 0.25) is 0 Å². The van der Waals surface area contributed by atoms with Crippen molar-refractivity contribution in [1.29, 1.82) is 0 Å². The molecule has 1 saturated carbocycles. The van der Waals surface area contributed by atoms with Gasteiger partial charge in [-0.2, -0.15) is 0 Å². The number of rotatable bonds is 5. The molecule has 0 saturated heterocycles. The van der Waals surface area contributed by atoms with Crippen molar-refractivity contribution in [2.24, 2.45) is 5.41 Å². The second-order valence-electron chi connectivity index (χ2n) is 5.34. The minimum absolute atomic E-state index is 0.145. The summed E-state index contributed by atoms with van der Waals surface area (Å²) in [5.74, 6) is -0.145. The van der Waals surface area contributed by atoms with Crippen molar-refractivity contribution in [1.82, 2.24) is 5.32 Å². The van der Waals surface area contributed by atoms with Crippen molar-refractivity contribution in [3.05, 3.63) is 35.6 Å². The van der Waals surface area contributed by atoms with Gasteiger partial charge in [-0.3, -0.25) is 0 Å². The molecule has 0 aliphatic heterocycles. The van der Waals surface area contributed by atoms with Crippen LogP contribution in [0.15, 0.2) is 24.3 Å². The van der Waals surface area contributed by atoms with Gasteiger partial charge in [-0.1, -0.05) is 26.0 Å². The fourth-order valence-corrected chi connectivity index (χ4v) is 2.05. The van der Waals surface area contributed by atoms with E-state index in [1.54, 1.807) is 12.1 Å². The molecule has 1 fully saturated rings. The van der Waals surface area contributed by atoms with Crippen molar-refractivity contribution in [2.75, 3.05) is 6.54 Å². The molecule has 0 aromatic heterocycles. The average Bonchev–Trinajstić information content (AvgIpc) is 3.00. The van der Waals surface area contributed by atoms with Crippen molar-refractivity contribution in [3.8, 4) is 0 Å². The molecule has 16 heavy (non-hydrogen) atoms. The zero-order valence-corrected chi connectivity index (χ0v) is 10.1. The lowest BCUT2D eigenvalue weighted by molar-refractivity contribution is 0.429. The quantitative estimate of drug-likeness (QED) is 0.805. The summed E-state index contributed by atoms with van der Waals surface area (Å²) in [5.41, 5.74) is 1.70. The van der Waals surface area contributed by atoms with Crippen molar-refractivity contribution in [3.63, 3.8) is 0 Å². The van der Waals surface area contributed by atoms with Crippen LogP contribution in [-0.4, -0.2) is 12.6 Å². The first kappa shape index (κ1) is 11.6. The maximum absolute atomic E-state index is 12.8. The van der Waals surface area contributed by atoms with Crippen molar-refractivity contribution in [2.45, 2.75) is 39.2 Å². The van der Waals surface area contributed by atoms with Crippen LogP contribution in [0, 0.1) is 11.2 Å². The summed E-state index contributed by atoms with van der Waals surface area (Å²) >= 11 is 0. The van der Waals surface area contributed by atoms with E-state index in [2.05, 4.69) is 19.2 Å². The fraction of sp³-hybridized carbons (Fsp3) is 0.571. The second-order valence-corrected chi connectivity index (χ2v) is 5.34. The highest BCUT2D eigenvalue weighted by Crippen LogP contribution is 2.47. The molecule has 1 aromatic carbocycles. The number of halogens is 1. The maximum Gasteiger partial charge on any atom is 0.123 e. The Hall–Kier alpha value is -0.890. The Morgan fingerprint density at radius 2 is 1.88 bits per heavy atom. The zero-order chi connectivity index (χ0) is 11.6. The fourth-order valence-electron chi connectivity index (χ4n) is 2.05. The van der Waals surface area contributed by atoms with Crippen LogP contribution in [0.4, 0.5) is 4.39 Å². The summed E-state index contributed by atoms with van der Waals surface area (Å²) in [6.07, 6.45) is 3.67. The summed E-state index contributed by atoms with van der Waals surface area (Å²) < 4.78 is 12.8. The van der Waals surface area contributed by atoms with E-state index < -0.39 is 0 Å². The molecule has 2 rings (SSSR count). The van der Waals surface area contributed by atoms with Gasteiger partial charge >= 0.3 is 0 Å². The molecule has 0 heterocycles. The number of benzene rings is 1. The topological polar surface area (TPSA) is 12.0 Å². The predicted octanol–water partition coefficient (Wildman–Crippen LogP) is 3.15. The van der Waals surface area contributed by atoms with E-state index in [1.807, 2.05) is 12.1 Å². The lowest BCUT2D eigenvalue weighted by Crippen LogP contribution is -2.30. The van der Waals surface area contributed by atoms with Gasteiger partial charge in [-0.05, 0) is 42.4 Å². The van der Waals surface area contributed by atoms with Crippen LogP contribution in [0.25, 0.3) is 0 Å². The second kappa shape index (κ2) is 4.54. The average molecular weight is 221 g/mol. The van der Waals surface area contributed by atoms with E-state index in [9.17, 15) is 4.39 Å². The van der Waals surface area contributed by atoms with Gasteiger partial charge in [0.15, 0.2) is 0 Å². The molecule has 0 bridgehead atoms. The van der Waals surface area contributed by atoms with Crippen LogP contribution in [0.5, 0.6) is 0 Å². The smallest absolute Gasteiger partial charge is 0.123 e. The minimum atomic E-state index is -0.145. The van der Waals surface area contributed by atoms with Crippen molar-refractivity contribution >= 4 is 0 Å². The van der Waals surface area contributed by atoms with Crippen LogP contribution < -0.4 is 5.32 Å². The number of hydrogen-bond acceptors (Lipinski definition) is 1. The third-order valence-electron chi connectivity index (χ3n) is 3.33. The van der Waals surface area contributed by atoms with Crippen LogP contribution in [0.3, 0.4) is 0 Å². The molecule has 0 unspecified atom stereocenters. The normalized spacial score (nSPS) is 17.8. The number of nitrogens with one attached hydrogen (secondary N) is 1. The standard InChI is InChI=1S/C14H20FN/c1-11(2)16-10-14(7-8-14)9-12-3-5-13(15)6-4-12/h3-6,11,16H,7-10H2,1-2H3. The first-order chi connectivity index (χ1) is 7.60. The lowest BCUT2D eigenvalue weighted by atomic mass is 9.96. The highest BCUT2D eigenvalue weighted by Gasteiger charge is 2.41. The highest BCUT2D eigenvalue weighted by atomic mass is 19.1. The zero-order valence-electron chi connectivity index (χ0n) is 10.1. The van der Waals surface area contributed by atoms with E-state index in [0.717, 1.165) is 13.0 Å². The Morgan fingerprint density at radius 1 is 1.25 bits per heavy atom. The number of hydrogen-bond donors (Lipinski definition) is 1. The molecule has 2 heteroatoms. The molecule has 1 aromatic rings. The summed E-state index contributed by atoms with van der Waals surface area (Å²) in [7, 11) is 0. The molecule has 1 N–H and O–H groups in total. The highest BCUT2D eigenvalue weighted by molar-refractivity contribution is 5.19. The summed E-state index contributed by atoms with van der Waals surface area (Å²) in [6, 6.07) is 7.48. The Labute approximate surface area is 97.1 Å². The largest absolute Gasteiger partial charge is 0.314 e. The SMILES string of the molecule is CC(C)NCC1(Cc2ccc(F)cc2)CC1. The van der Waals surface area contributed by atoms with Gasteiger partial charge in [0, 0.05) is 12.6 Å². The Morgan fingerprint density at radius 3 is 2.38 bits per heavy atom. The van der Waals surface area contributed by atoms with Gasteiger partial charge in [0.05, 0.1) is 0 Å². The predicted molar refractivity (Wildman–Crippen MR) is 64.9 cm³/mol. The monoisotopic (exact) mass is 221 g/mol. The summed E-state index contributed by atoms with van der Waals surface area (Å²) in [5, 5.41) is 3.51. The van der Waals surface area contributed by atoms with Gasteiger partial charge in [0.2, 0.25) is 0 Å². The van der Waals surface area contributed by atoms with E-state index in [1.165, 1.54) is 18.4 Å². The molecule has 0 radical (unpaired) electrons. The third-order valence-corrected chi connectivity index (χ3v) is 3.33. The summed E-state index contributed by atoms with van der Waals surface area (Å²) in [4.78, 5) is 0. The Kier molecular flexibility index (Phi) is 3.29. The third kappa shape index (κ3) is 3.05. The molecule has 0 atom stereocenters. The van der Waals surface area contributed by atoms with E-state index in [0.29, 0.717) is 11.5 Å². The summed E-state index contributed by atoms with van der Waals surface area (Å²) in [6.45, 7) is 5.43. The van der Waals surface area contributed by atoms with E-state index in [-0.39, 0.29) is 5.82 Å². The Bertz CT molecular complexity index is 338. The molecule has 0 spiro atoms. The van der Waals surface area contributed by atoms with Gasteiger partial charge in [-0.25, -0.2) is 4.39 Å². The van der Waals surface area contributed by atoms with Gasteiger partial charge in [-0.15, -0.1) is 0 Å². The first-order valence-corrected chi connectivity index (χ1v) is 6.08. The molecule has 0 amide bonds. The maximum atomic E-state index is 12.8. The minimum Gasteiger partial charge on any atom is -0.314 e. The molecule has 1 nitrogen and oxygen atoms in total. The Balaban J connectivity index is 1.91. The van der Waals surface area contributed by atoms with Crippen molar-refractivity contribution < 1.29 is 4.39 Å². The molecular weight excluding hydrogens is 201 g/mol. The van der Waals surface area contributed by atoms with E-state index in [4.69, 9.17) is 0 Å². The molecule has 1 aliphatic rings. The molecular formula is C14H20FN. The van der Waals surface area contributed by atoms with E-state index >= 15 is 0 Å². The lowest BCUT2D eigenvalue weighted by Gasteiger charge is -2.18. The van der Waals surface area contributed by atoms with Gasteiger partial charge in [0.25, 0.3) is 0 Å². The van der Waals surface area contributed by atoms with Crippen LogP contribution in [0.1, 0.15) is 32.3 Å². The van der Waals surface area contributed by atoms with Crippen LogP contribution >= 0.6 is 0 Å².